The maximum atomic E-state index is 13.2. The molecule has 148 valence electrons. The molecule has 1 aromatic heterocycles. The topological polar surface area (TPSA) is 133 Å². The fourth-order valence-electron chi connectivity index (χ4n) is 4.78. The van der Waals surface area contributed by atoms with E-state index in [-0.39, 0.29) is 30.4 Å². The van der Waals surface area contributed by atoms with Gasteiger partial charge < -0.3 is 21.3 Å². The lowest BCUT2D eigenvalue weighted by molar-refractivity contribution is -0.136. The molecule has 2 saturated heterocycles. The Morgan fingerprint density at radius 2 is 2.04 bits per heavy atom. The number of H-pyrrole nitrogens is 1. The largest absolute Gasteiger partial charge is 0.352 e. The summed E-state index contributed by atoms with van der Waals surface area (Å²) >= 11 is 0. The quantitative estimate of drug-likeness (QED) is 0.574. The molecule has 2 fully saturated rings. The average Bonchev–Trinajstić information content (AvgIpc) is 3.29. The molecule has 2 bridgehead atoms. The van der Waals surface area contributed by atoms with E-state index < -0.39 is 11.4 Å². The summed E-state index contributed by atoms with van der Waals surface area (Å²) in [5.41, 5.74) is 7.30. The summed E-state index contributed by atoms with van der Waals surface area (Å²) in [5, 5.41) is 12.5. The number of hydrogen-bond donors (Lipinski definition) is 4. The Hall–Kier alpha value is -2.58. The summed E-state index contributed by atoms with van der Waals surface area (Å²) in [7, 11) is 0. The number of urea groups is 1. The van der Waals surface area contributed by atoms with E-state index in [0.29, 0.717) is 19.4 Å². The second-order valence-corrected chi connectivity index (χ2v) is 7.57. The molecule has 4 amide bonds. The van der Waals surface area contributed by atoms with Crippen molar-refractivity contribution in [2.75, 3.05) is 6.54 Å². The summed E-state index contributed by atoms with van der Waals surface area (Å²) in [6.45, 7) is 6.13. The van der Waals surface area contributed by atoms with Crippen LogP contribution in [0.3, 0.4) is 0 Å². The lowest BCUT2D eigenvalue weighted by atomic mass is 9.71. The highest BCUT2D eigenvalue weighted by Crippen LogP contribution is 2.51. The zero-order valence-electron chi connectivity index (χ0n) is 16.1. The second-order valence-electron chi connectivity index (χ2n) is 7.57. The number of aryl methyl sites for hydroxylation is 2. The van der Waals surface area contributed by atoms with Gasteiger partial charge in [0.1, 0.15) is 0 Å². The number of carbonyl (C=O) groups excluding carboxylic acids is 3. The highest BCUT2D eigenvalue weighted by Gasteiger charge is 2.60. The number of hydrogen-bond acceptors (Lipinski definition) is 4. The van der Waals surface area contributed by atoms with Gasteiger partial charge in [-0.25, -0.2) is 4.79 Å². The smallest absolute Gasteiger partial charge is 0.312 e. The Kier molecular flexibility index (Phi) is 5.12. The van der Waals surface area contributed by atoms with Crippen molar-refractivity contribution >= 4 is 17.8 Å². The summed E-state index contributed by atoms with van der Waals surface area (Å²) in [5.74, 6) is -0.191. The van der Waals surface area contributed by atoms with E-state index >= 15 is 0 Å². The number of aromatic amines is 1. The molecule has 2 aliphatic heterocycles. The van der Waals surface area contributed by atoms with E-state index in [2.05, 4.69) is 20.8 Å². The van der Waals surface area contributed by atoms with Gasteiger partial charge in [-0.2, -0.15) is 5.10 Å². The zero-order chi connectivity index (χ0) is 19.8. The molecule has 0 aromatic carbocycles. The molecule has 5 N–H and O–H groups in total. The van der Waals surface area contributed by atoms with Gasteiger partial charge in [-0.1, -0.05) is 6.92 Å². The van der Waals surface area contributed by atoms with Gasteiger partial charge >= 0.3 is 6.03 Å². The van der Waals surface area contributed by atoms with Gasteiger partial charge in [-0.3, -0.25) is 14.7 Å². The number of carbonyl (C=O) groups is 3. The van der Waals surface area contributed by atoms with Gasteiger partial charge in [0.05, 0.1) is 17.7 Å². The van der Waals surface area contributed by atoms with E-state index in [4.69, 9.17) is 5.73 Å². The van der Waals surface area contributed by atoms with Gasteiger partial charge in [0.25, 0.3) is 0 Å². The van der Waals surface area contributed by atoms with E-state index in [1.165, 1.54) is 0 Å². The van der Waals surface area contributed by atoms with Crippen molar-refractivity contribution in [2.24, 2.45) is 11.1 Å². The number of aromatic nitrogens is 2. The molecule has 0 spiro atoms. The van der Waals surface area contributed by atoms with Gasteiger partial charge in [-0.05, 0) is 39.5 Å². The van der Waals surface area contributed by atoms with Crippen LogP contribution in [0, 0.1) is 19.3 Å². The number of primary amides is 1. The molecule has 2 aliphatic rings. The van der Waals surface area contributed by atoms with Crippen LogP contribution in [0.15, 0.2) is 0 Å². The second kappa shape index (κ2) is 7.21. The van der Waals surface area contributed by atoms with Crippen LogP contribution in [0.25, 0.3) is 0 Å². The van der Waals surface area contributed by atoms with Crippen LogP contribution in [-0.2, 0) is 16.1 Å². The van der Waals surface area contributed by atoms with Crippen molar-refractivity contribution in [3.05, 3.63) is 17.0 Å². The van der Waals surface area contributed by atoms with Crippen LogP contribution < -0.4 is 16.4 Å². The molecule has 3 heterocycles. The molecule has 9 heteroatoms. The lowest BCUT2D eigenvalue weighted by Gasteiger charge is -2.35. The molecule has 3 rings (SSSR count). The molecule has 27 heavy (non-hydrogen) atoms. The van der Waals surface area contributed by atoms with Crippen molar-refractivity contribution in [1.29, 1.82) is 0 Å². The third kappa shape index (κ3) is 3.26. The first kappa shape index (κ1) is 19.2. The molecule has 0 radical (unpaired) electrons. The van der Waals surface area contributed by atoms with Crippen molar-refractivity contribution in [3.8, 4) is 0 Å². The van der Waals surface area contributed by atoms with Crippen LogP contribution in [0.2, 0.25) is 0 Å². The molecule has 9 nitrogen and oxygen atoms in total. The normalized spacial score (nSPS) is 26.3. The van der Waals surface area contributed by atoms with E-state index in [1.54, 1.807) is 4.90 Å². The maximum absolute atomic E-state index is 13.2. The molecular formula is C18H28N6O3. The molecule has 1 aromatic rings. The van der Waals surface area contributed by atoms with Gasteiger partial charge in [0.15, 0.2) is 0 Å². The number of nitrogens with zero attached hydrogens (tertiary/aromatic N) is 2. The number of nitrogens with two attached hydrogens (primary N) is 1. The third-order valence-corrected chi connectivity index (χ3v) is 6.23. The van der Waals surface area contributed by atoms with Crippen molar-refractivity contribution in [1.82, 2.24) is 25.7 Å². The molecule has 0 unspecified atom stereocenters. The number of fused-ring (bicyclic) bond motifs is 2. The van der Waals surface area contributed by atoms with Crippen LogP contribution in [0.1, 0.15) is 49.6 Å². The van der Waals surface area contributed by atoms with Crippen molar-refractivity contribution in [3.63, 3.8) is 0 Å². The first-order valence-corrected chi connectivity index (χ1v) is 9.43. The molecule has 3 atom stereocenters. The monoisotopic (exact) mass is 376 g/mol. The standard InChI is InChI=1S/C18H28N6O3/c1-4-18(16(26)20-8-13-10(2)22-23-11(13)3)7-12-5-6-14(18)24(12)15(25)9-21-17(19)27/h12,14H,4-9H2,1-3H3,(H,20,26)(H,22,23)(H3,19,21,27)/t12-,14+,18+/m1/s1. The predicted molar refractivity (Wildman–Crippen MR) is 98.5 cm³/mol. The summed E-state index contributed by atoms with van der Waals surface area (Å²) < 4.78 is 0. The predicted octanol–water partition coefficient (Wildman–Crippen LogP) is 0.471. The number of amides is 4. The number of nitrogens with one attached hydrogen (secondary N) is 3. The maximum Gasteiger partial charge on any atom is 0.312 e. The summed E-state index contributed by atoms with van der Waals surface area (Å²) in [4.78, 5) is 38.5. The van der Waals surface area contributed by atoms with Crippen LogP contribution in [0.5, 0.6) is 0 Å². The summed E-state index contributed by atoms with van der Waals surface area (Å²) in [6.07, 6.45) is 3.02. The summed E-state index contributed by atoms with van der Waals surface area (Å²) in [6, 6.07) is -0.818. The Balaban J connectivity index is 1.72. The Bertz CT molecular complexity index is 741. The third-order valence-electron chi connectivity index (χ3n) is 6.23. The number of rotatable bonds is 6. The average molecular weight is 376 g/mol. The first-order valence-electron chi connectivity index (χ1n) is 9.43. The highest BCUT2D eigenvalue weighted by molar-refractivity contribution is 5.88. The van der Waals surface area contributed by atoms with Gasteiger partial charge in [0.2, 0.25) is 11.8 Å². The Morgan fingerprint density at radius 1 is 1.30 bits per heavy atom. The van der Waals surface area contributed by atoms with Crippen LogP contribution in [-0.4, -0.2) is 51.6 Å². The molecule has 0 aliphatic carbocycles. The van der Waals surface area contributed by atoms with Gasteiger partial charge in [0, 0.05) is 29.9 Å². The van der Waals surface area contributed by atoms with Crippen molar-refractivity contribution < 1.29 is 14.4 Å². The Morgan fingerprint density at radius 3 is 2.63 bits per heavy atom. The van der Waals surface area contributed by atoms with Crippen LogP contribution >= 0.6 is 0 Å². The molecular weight excluding hydrogens is 348 g/mol. The minimum absolute atomic E-state index is 0.0159. The highest BCUT2D eigenvalue weighted by atomic mass is 16.2. The minimum Gasteiger partial charge on any atom is -0.352 e. The zero-order valence-corrected chi connectivity index (χ0v) is 16.1. The fraction of sp³-hybridized carbons (Fsp3) is 0.667. The molecule has 0 saturated carbocycles. The van der Waals surface area contributed by atoms with E-state index in [1.807, 2.05) is 20.8 Å². The minimum atomic E-state index is -0.722. The van der Waals surface area contributed by atoms with Crippen molar-refractivity contribution in [2.45, 2.75) is 65.1 Å². The van der Waals surface area contributed by atoms with Crippen LogP contribution in [0.4, 0.5) is 4.79 Å². The van der Waals surface area contributed by atoms with E-state index in [9.17, 15) is 14.4 Å². The lowest BCUT2D eigenvalue weighted by Crippen LogP contribution is -2.51. The van der Waals surface area contributed by atoms with Gasteiger partial charge in [-0.15, -0.1) is 0 Å². The Labute approximate surface area is 158 Å². The first-order chi connectivity index (χ1) is 12.8. The SMILES string of the molecule is CC[C@]1(C(=O)NCc2c(C)n[nH]c2C)C[C@H]2CC[C@@H]1N2C(=O)CNC(N)=O. The fourth-order valence-corrected chi connectivity index (χ4v) is 4.78. The van der Waals surface area contributed by atoms with E-state index in [0.717, 1.165) is 29.8 Å².